The number of nitrogens with one attached hydrogen (secondary N) is 1. The molecule has 1 fully saturated rings. The van der Waals surface area contributed by atoms with Gasteiger partial charge in [-0.25, -0.2) is 14.0 Å². The number of benzene rings is 2. The van der Waals surface area contributed by atoms with Crippen molar-refractivity contribution in [3.63, 3.8) is 0 Å². The summed E-state index contributed by atoms with van der Waals surface area (Å²) in [5.41, 5.74) is 1.77. The Morgan fingerprint density at radius 3 is 2.42 bits per heavy atom. The van der Waals surface area contributed by atoms with Crippen molar-refractivity contribution < 1.29 is 23.5 Å². The standard InChI is InChI=1S/C27H29Cl2FN4O4/c1-3-34-22(16-32-10-12-33(13-11-32)25(35)18-6-5-7-19(30)14-18)23(26(36)38-4-2)24(31-27(34)37)17-8-9-20(28)21(29)15-17/h5-9,14-15,24H,3-4,10-13,16H2,1-2H3,(H,31,37). The van der Waals surface area contributed by atoms with E-state index in [1.54, 1.807) is 36.1 Å². The van der Waals surface area contributed by atoms with Crippen molar-refractivity contribution in [1.29, 1.82) is 0 Å². The van der Waals surface area contributed by atoms with Gasteiger partial charge in [0, 0.05) is 50.5 Å². The van der Waals surface area contributed by atoms with Gasteiger partial charge in [0.25, 0.3) is 5.91 Å². The number of likely N-dealkylation sites (N-methyl/N-ethyl adjacent to an activating group) is 1. The third-order valence-electron chi connectivity index (χ3n) is 6.63. The van der Waals surface area contributed by atoms with Gasteiger partial charge in [-0.1, -0.05) is 35.3 Å². The first-order valence-corrected chi connectivity index (χ1v) is 13.2. The first-order valence-electron chi connectivity index (χ1n) is 12.4. The number of nitrogens with zero attached hydrogens (tertiary/aromatic N) is 3. The average molecular weight is 563 g/mol. The van der Waals surface area contributed by atoms with Crippen molar-refractivity contribution in [1.82, 2.24) is 20.0 Å². The molecule has 2 aromatic carbocycles. The zero-order valence-corrected chi connectivity index (χ0v) is 22.7. The molecular formula is C27H29Cl2FN4O4. The van der Waals surface area contributed by atoms with Gasteiger partial charge in [0.2, 0.25) is 0 Å². The number of ether oxygens (including phenoxy) is 1. The van der Waals surface area contributed by atoms with Gasteiger partial charge in [0.05, 0.1) is 28.3 Å². The number of amides is 3. The van der Waals surface area contributed by atoms with Gasteiger partial charge >= 0.3 is 12.0 Å². The van der Waals surface area contributed by atoms with Crippen LogP contribution in [-0.2, 0) is 9.53 Å². The number of carbonyl (C=O) groups excluding carboxylic acids is 3. The molecule has 2 aromatic rings. The predicted molar refractivity (Wildman–Crippen MR) is 143 cm³/mol. The van der Waals surface area contributed by atoms with Crippen molar-refractivity contribution in [2.24, 2.45) is 0 Å². The molecule has 0 radical (unpaired) electrons. The molecule has 2 heterocycles. The summed E-state index contributed by atoms with van der Waals surface area (Å²) >= 11 is 12.3. The Kier molecular flexibility index (Phi) is 8.91. The molecule has 0 aliphatic carbocycles. The zero-order chi connectivity index (χ0) is 27.4. The summed E-state index contributed by atoms with van der Waals surface area (Å²) in [5, 5.41) is 3.57. The fourth-order valence-corrected chi connectivity index (χ4v) is 5.03. The van der Waals surface area contributed by atoms with E-state index in [1.165, 1.54) is 23.1 Å². The van der Waals surface area contributed by atoms with E-state index in [4.69, 9.17) is 27.9 Å². The van der Waals surface area contributed by atoms with Crippen molar-refractivity contribution in [2.45, 2.75) is 19.9 Å². The van der Waals surface area contributed by atoms with Gasteiger partial charge in [-0.15, -0.1) is 0 Å². The third-order valence-corrected chi connectivity index (χ3v) is 7.37. The lowest BCUT2D eigenvalue weighted by Crippen LogP contribution is -2.53. The van der Waals surface area contributed by atoms with Crippen molar-refractivity contribution in [2.75, 3.05) is 45.9 Å². The molecule has 2 aliphatic rings. The van der Waals surface area contributed by atoms with E-state index in [0.29, 0.717) is 71.7 Å². The molecule has 202 valence electrons. The highest BCUT2D eigenvalue weighted by molar-refractivity contribution is 6.42. The van der Waals surface area contributed by atoms with E-state index in [1.807, 2.05) is 6.92 Å². The Labute approximate surface area is 230 Å². The summed E-state index contributed by atoms with van der Waals surface area (Å²) in [4.78, 5) is 44.5. The highest BCUT2D eigenvalue weighted by Crippen LogP contribution is 2.35. The fourth-order valence-electron chi connectivity index (χ4n) is 4.72. The Bertz CT molecular complexity index is 1260. The Morgan fingerprint density at radius 2 is 1.79 bits per heavy atom. The van der Waals surface area contributed by atoms with Crippen molar-refractivity contribution in [3.05, 3.63) is 80.7 Å². The largest absolute Gasteiger partial charge is 0.463 e. The number of carbonyl (C=O) groups is 3. The lowest BCUT2D eigenvalue weighted by Gasteiger charge is -2.40. The minimum absolute atomic E-state index is 0.171. The molecule has 1 atom stereocenters. The summed E-state index contributed by atoms with van der Waals surface area (Å²) in [6.07, 6.45) is 0. The molecule has 0 spiro atoms. The molecule has 11 heteroatoms. The second-order valence-electron chi connectivity index (χ2n) is 8.96. The SMILES string of the molecule is CCOC(=O)C1=C(CN2CCN(C(=O)c3cccc(F)c3)CC2)N(CC)C(=O)NC1c1ccc(Cl)c(Cl)c1. The van der Waals surface area contributed by atoms with Gasteiger partial charge in [-0.05, 0) is 49.7 Å². The Hall–Kier alpha value is -3.14. The van der Waals surface area contributed by atoms with Crippen LogP contribution in [0.5, 0.6) is 0 Å². The van der Waals surface area contributed by atoms with Crippen LogP contribution in [0.1, 0.15) is 35.8 Å². The van der Waals surface area contributed by atoms with Crippen LogP contribution in [0.4, 0.5) is 9.18 Å². The molecule has 8 nitrogen and oxygen atoms in total. The smallest absolute Gasteiger partial charge is 0.338 e. The van der Waals surface area contributed by atoms with Gasteiger partial charge < -0.3 is 15.0 Å². The third kappa shape index (κ3) is 5.95. The van der Waals surface area contributed by atoms with Crippen LogP contribution in [0.3, 0.4) is 0 Å². The Morgan fingerprint density at radius 1 is 1.05 bits per heavy atom. The second-order valence-corrected chi connectivity index (χ2v) is 9.77. The van der Waals surface area contributed by atoms with E-state index in [-0.39, 0.29) is 18.5 Å². The van der Waals surface area contributed by atoms with E-state index >= 15 is 0 Å². The first-order chi connectivity index (χ1) is 18.2. The molecule has 0 aromatic heterocycles. The van der Waals surface area contributed by atoms with Crippen LogP contribution in [0, 0.1) is 5.82 Å². The van der Waals surface area contributed by atoms with E-state index < -0.39 is 17.8 Å². The molecule has 2 aliphatic heterocycles. The fraction of sp³-hybridized carbons (Fsp3) is 0.370. The summed E-state index contributed by atoms with van der Waals surface area (Å²) < 4.78 is 19.0. The van der Waals surface area contributed by atoms with E-state index in [2.05, 4.69) is 10.2 Å². The van der Waals surface area contributed by atoms with Crippen LogP contribution < -0.4 is 5.32 Å². The molecule has 1 unspecified atom stereocenters. The van der Waals surface area contributed by atoms with Crippen molar-refractivity contribution >= 4 is 41.1 Å². The first kappa shape index (κ1) is 27.9. The van der Waals surface area contributed by atoms with Crippen LogP contribution in [0.2, 0.25) is 10.0 Å². The van der Waals surface area contributed by atoms with Crippen LogP contribution in [0.25, 0.3) is 0 Å². The monoisotopic (exact) mass is 562 g/mol. The summed E-state index contributed by atoms with van der Waals surface area (Å²) in [7, 11) is 0. The maximum atomic E-state index is 13.6. The predicted octanol–water partition coefficient (Wildman–Crippen LogP) is 4.49. The summed E-state index contributed by atoms with van der Waals surface area (Å²) in [6.45, 7) is 6.24. The van der Waals surface area contributed by atoms with E-state index in [9.17, 15) is 18.8 Å². The molecular weight excluding hydrogens is 534 g/mol. The number of piperazine rings is 1. The van der Waals surface area contributed by atoms with Gasteiger partial charge in [0.15, 0.2) is 0 Å². The maximum absolute atomic E-state index is 13.6. The highest BCUT2D eigenvalue weighted by atomic mass is 35.5. The average Bonchev–Trinajstić information content (AvgIpc) is 2.90. The lowest BCUT2D eigenvalue weighted by atomic mass is 9.94. The molecule has 38 heavy (non-hydrogen) atoms. The highest BCUT2D eigenvalue weighted by Gasteiger charge is 2.39. The van der Waals surface area contributed by atoms with Gasteiger partial charge in [0.1, 0.15) is 5.82 Å². The molecule has 1 saturated heterocycles. The minimum atomic E-state index is -0.773. The normalized spacial score (nSPS) is 18.4. The van der Waals surface area contributed by atoms with Crippen molar-refractivity contribution in [3.8, 4) is 0 Å². The lowest BCUT2D eigenvalue weighted by molar-refractivity contribution is -0.139. The number of hydrogen-bond acceptors (Lipinski definition) is 5. The van der Waals surface area contributed by atoms with Crippen LogP contribution >= 0.6 is 23.2 Å². The van der Waals surface area contributed by atoms with Crippen LogP contribution in [-0.4, -0.2) is 78.5 Å². The summed E-state index contributed by atoms with van der Waals surface area (Å²) in [5.74, 6) is -1.22. The minimum Gasteiger partial charge on any atom is -0.463 e. The number of esters is 1. The zero-order valence-electron chi connectivity index (χ0n) is 21.2. The molecule has 3 amide bonds. The molecule has 1 N–H and O–H groups in total. The number of halogens is 3. The van der Waals surface area contributed by atoms with Crippen LogP contribution in [0.15, 0.2) is 53.7 Å². The number of rotatable bonds is 7. The van der Waals surface area contributed by atoms with E-state index in [0.717, 1.165) is 0 Å². The van der Waals surface area contributed by atoms with Gasteiger partial charge in [-0.2, -0.15) is 0 Å². The molecule has 0 saturated carbocycles. The number of urea groups is 1. The number of hydrogen-bond donors (Lipinski definition) is 1. The quantitative estimate of drug-likeness (QED) is 0.502. The second kappa shape index (κ2) is 12.1. The Balaban J connectivity index is 1.61. The van der Waals surface area contributed by atoms with Gasteiger partial charge in [-0.3, -0.25) is 14.6 Å². The molecule has 4 rings (SSSR count). The summed E-state index contributed by atoms with van der Waals surface area (Å²) in [6, 6.07) is 9.49. The topological polar surface area (TPSA) is 82.2 Å². The maximum Gasteiger partial charge on any atom is 0.338 e. The molecule has 0 bridgehead atoms.